The van der Waals surface area contributed by atoms with Gasteiger partial charge in [-0.1, -0.05) is 18.5 Å². The van der Waals surface area contributed by atoms with E-state index in [2.05, 4.69) is 13.0 Å². The Bertz CT molecular complexity index is 234. The van der Waals surface area contributed by atoms with Gasteiger partial charge in [-0.25, -0.2) is 0 Å². The third-order valence-electron chi connectivity index (χ3n) is 1.91. The first-order chi connectivity index (χ1) is 5.72. The zero-order chi connectivity index (χ0) is 8.97. The van der Waals surface area contributed by atoms with E-state index in [1.807, 2.05) is 6.07 Å². The van der Waals surface area contributed by atoms with Gasteiger partial charge in [-0.2, -0.15) is 0 Å². The molecule has 1 unspecified atom stereocenters. The number of nitrogens with two attached hydrogens (primary N) is 1. The minimum atomic E-state index is 0.339. The minimum Gasteiger partial charge on any atom is -0.328 e. The molecule has 0 aromatic carbocycles. The first-order valence-corrected chi connectivity index (χ1v) is 5.41. The third-order valence-corrected chi connectivity index (χ3v) is 3.21. The summed E-state index contributed by atoms with van der Waals surface area (Å²) in [5.74, 6) is 0. The molecule has 1 heterocycles. The van der Waals surface area contributed by atoms with Gasteiger partial charge >= 0.3 is 0 Å². The molecule has 0 radical (unpaired) electrons. The van der Waals surface area contributed by atoms with Crippen molar-refractivity contribution in [2.45, 2.75) is 32.2 Å². The van der Waals surface area contributed by atoms with Crippen LogP contribution in [0.25, 0.3) is 0 Å². The Balaban J connectivity index is 2.33. The van der Waals surface area contributed by atoms with Gasteiger partial charge in [0.2, 0.25) is 0 Å². The molecule has 3 heteroatoms. The van der Waals surface area contributed by atoms with Gasteiger partial charge < -0.3 is 5.73 Å². The number of hydrogen-bond acceptors (Lipinski definition) is 2. The molecule has 0 aliphatic heterocycles. The summed E-state index contributed by atoms with van der Waals surface area (Å²) >= 11 is 7.45. The fraction of sp³-hybridized carbons (Fsp3) is 0.556. The molecule has 0 saturated carbocycles. The molecule has 0 amide bonds. The fourth-order valence-electron chi connectivity index (χ4n) is 1.02. The molecule has 0 saturated heterocycles. The highest BCUT2D eigenvalue weighted by Crippen LogP contribution is 2.22. The van der Waals surface area contributed by atoms with Crippen LogP contribution in [0.4, 0.5) is 0 Å². The third kappa shape index (κ3) is 3.13. The Morgan fingerprint density at radius 2 is 2.33 bits per heavy atom. The summed E-state index contributed by atoms with van der Waals surface area (Å²) in [5, 5.41) is 0. The van der Waals surface area contributed by atoms with E-state index >= 15 is 0 Å². The van der Waals surface area contributed by atoms with Crippen LogP contribution in [-0.4, -0.2) is 6.04 Å². The second-order valence-corrected chi connectivity index (χ2v) is 4.71. The van der Waals surface area contributed by atoms with E-state index in [9.17, 15) is 0 Å². The van der Waals surface area contributed by atoms with Gasteiger partial charge in [0.25, 0.3) is 0 Å². The molecule has 1 aromatic rings. The summed E-state index contributed by atoms with van der Waals surface area (Å²) in [7, 11) is 0. The molecular weight excluding hydrogens is 190 g/mol. The average molecular weight is 204 g/mol. The second-order valence-electron chi connectivity index (χ2n) is 2.91. The van der Waals surface area contributed by atoms with Crippen molar-refractivity contribution >= 4 is 22.9 Å². The van der Waals surface area contributed by atoms with Crippen LogP contribution >= 0.6 is 22.9 Å². The van der Waals surface area contributed by atoms with E-state index in [0.717, 1.165) is 23.6 Å². The van der Waals surface area contributed by atoms with Crippen molar-refractivity contribution < 1.29 is 0 Å². The van der Waals surface area contributed by atoms with Crippen molar-refractivity contribution in [1.29, 1.82) is 0 Å². The van der Waals surface area contributed by atoms with E-state index in [-0.39, 0.29) is 0 Å². The quantitative estimate of drug-likeness (QED) is 0.800. The van der Waals surface area contributed by atoms with Crippen LogP contribution in [0.2, 0.25) is 4.34 Å². The molecule has 1 rings (SSSR count). The van der Waals surface area contributed by atoms with E-state index in [4.69, 9.17) is 17.3 Å². The molecule has 1 nitrogen and oxygen atoms in total. The van der Waals surface area contributed by atoms with Gasteiger partial charge in [0.1, 0.15) is 0 Å². The lowest BCUT2D eigenvalue weighted by Gasteiger charge is -2.05. The lowest BCUT2D eigenvalue weighted by molar-refractivity contribution is 0.599. The lowest BCUT2D eigenvalue weighted by atomic mass is 10.1. The summed E-state index contributed by atoms with van der Waals surface area (Å²) in [4.78, 5) is 1.34. The summed E-state index contributed by atoms with van der Waals surface area (Å²) in [6.07, 6.45) is 3.18. The summed E-state index contributed by atoms with van der Waals surface area (Å²) < 4.78 is 0.870. The van der Waals surface area contributed by atoms with Gasteiger partial charge in [-0.05, 0) is 31.4 Å². The van der Waals surface area contributed by atoms with Crippen molar-refractivity contribution in [3.05, 3.63) is 21.3 Å². The molecule has 1 aromatic heterocycles. The topological polar surface area (TPSA) is 26.0 Å². The number of aryl methyl sites for hydroxylation is 1. The van der Waals surface area contributed by atoms with Crippen LogP contribution in [0.5, 0.6) is 0 Å². The van der Waals surface area contributed by atoms with E-state index in [0.29, 0.717) is 6.04 Å². The van der Waals surface area contributed by atoms with Crippen molar-refractivity contribution in [2.75, 3.05) is 0 Å². The highest BCUT2D eigenvalue weighted by molar-refractivity contribution is 7.16. The average Bonchev–Trinajstić information content (AvgIpc) is 2.47. The molecule has 0 spiro atoms. The number of thiophene rings is 1. The zero-order valence-corrected chi connectivity index (χ0v) is 8.79. The Morgan fingerprint density at radius 1 is 1.58 bits per heavy atom. The molecule has 0 aliphatic rings. The van der Waals surface area contributed by atoms with Crippen LogP contribution in [0.15, 0.2) is 12.1 Å². The molecule has 0 fully saturated rings. The normalized spacial score (nSPS) is 13.2. The van der Waals surface area contributed by atoms with Crippen LogP contribution in [0.3, 0.4) is 0 Å². The van der Waals surface area contributed by atoms with Crippen molar-refractivity contribution in [3.63, 3.8) is 0 Å². The Morgan fingerprint density at radius 3 is 2.83 bits per heavy atom. The molecule has 12 heavy (non-hydrogen) atoms. The monoisotopic (exact) mass is 203 g/mol. The Labute approximate surface area is 82.5 Å². The van der Waals surface area contributed by atoms with E-state index < -0.39 is 0 Å². The summed E-state index contributed by atoms with van der Waals surface area (Å²) in [5.41, 5.74) is 5.80. The molecule has 2 N–H and O–H groups in total. The fourth-order valence-corrected chi connectivity index (χ4v) is 2.12. The minimum absolute atomic E-state index is 0.339. The van der Waals surface area contributed by atoms with Gasteiger partial charge in [0.05, 0.1) is 4.34 Å². The van der Waals surface area contributed by atoms with Crippen LogP contribution in [-0.2, 0) is 6.42 Å². The number of halogens is 1. The van der Waals surface area contributed by atoms with E-state index in [1.54, 1.807) is 11.3 Å². The molecule has 0 aliphatic carbocycles. The van der Waals surface area contributed by atoms with Crippen molar-refractivity contribution in [1.82, 2.24) is 0 Å². The smallest absolute Gasteiger partial charge is 0.0931 e. The molecule has 1 atom stereocenters. The summed E-state index contributed by atoms with van der Waals surface area (Å²) in [6, 6.07) is 4.36. The first-order valence-electron chi connectivity index (χ1n) is 4.22. The van der Waals surface area contributed by atoms with Crippen molar-refractivity contribution in [2.24, 2.45) is 5.73 Å². The number of rotatable bonds is 4. The Kier molecular flexibility index (Phi) is 4.06. The van der Waals surface area contributed by atoms with Gasteiger partial charge in [-0.3, -0.25) is 0 Å². The standard InChI is InChI=1S/C9H14ClNS/c1-2-7(11)3-4-8-5-6-9(10)12-8/h5-7H,2-4,11H2,1H3. The highest BCUT2D eigenvalue weighted by atomic mass is 35.5. The van der Waals surface area contributed by atoms with Crippen LogP contribution in [0, 0.1) is 0 Å². The van der Waals surface area contributed by atoms with Crippen LogP contribution in [0.1, 0.15) is 24.6 Å². The zero-order valence-electron chi connectivity index (χ0n) is 7.22. The maximum Gasteiger partial charge on any atom is 0.0931 e. The van der Waals surface area contributed by atoms with Gasteiger partial charge in [0.15, 0.2) is 0 Å². The van der Waals surface area contributed by atoms with Gasteiger partial charge in [-0.15, -0.1) is 11.3 Å². The maximum atomic E-state index is 5.80. The SMILES string of the molecule is CCC(N)CCc1ccc(Cl)s1. The molecular formula is C9H14ClNS. The van der Waals surface area contributed by atoms with Crippen molar-refractivity contribution in [3.8, 4) is 0 Å². The van der Waals surface area contributed by atoms with E-state index in [1.165, 1.54) is 4.88 Å². The highest BCUT2D eigenvalue weighted by Gasteiger charge is 2.01. The number of hydrogen-bond donors (Lipinski definition) is 1. The first kappa shape index (κ1) is 10.0. The maximum absolute atomic E-state index is 5.80. The predicted octanol–water partition coefficient (Wildman–Crippen LogP) is 3.07. The second kappa shape index (κ2) is 4.85. The van der Waals surface area contributed by atoms with Gasteiger partial charge in [0, 0.05) is 10.9 Å². The Hall–Kier alpha value is -0.0500. The summed E-state index contributed by atoms with van der Waals surface area (Å²) in [6.45, 7) is 2.12. The predicted molar refractivity (Wildman–Crippen MR) is 55.9 cm³/mol. The van der Waals surface area contributed by atoms with Crippen LogP contribution < -0.4 is 5.73 Å². The largest absolute Gasteiger partial charge is 0.328 e. The lowest BCUT2D eigenvalue weighted by Crippen LogP contribution is -2.18. The molecule has 68 valence electrons. The molecule has 0 bridgehead atoms.